The molecule has 0 aliphatic rings. The number of aromatic carboxylic acids is 1. The van der Waals surface area contributed by atoms with Crippen molar-refractivity contribution in [3.63, 3.8) is 0 Å². The second-order valence-electron chi connectivity index (χ2n) is 4.28. The third-order valence-electron chi connectivity index (χ3n) is 2.94. The van der Waals surface area contributed by atoms with Crippen molar-refractivity contribution in [3.05, 3.63) is 29.3 Å². The summed E-state index contributed by atoms with van der Waals surface area (Å²) in [4.78, 5) is 11.1. The molecule has 18 heavy (non-hydrogen) atoms. The SMILES string of the molecule is COc1ccc(C(=O)O)c(CCCCCCN)c1. The van der Waals surface area contributed by atoms with Gasteiger partial charge in [-0.3, -0.25) is 0 Å². The fraction of sp³-hybridized carbons (Fsp3) is 0.500. The molecule has 0 bridgehead atoms. The topological polar surface area (TPSA) is 72.5 Å². The number of aryl methyl sites for hydroxylation is 1. The van der Waals surface area contributed by atoms with Crippen LogP contribution in [0.5, 0.6) is 5.75 Å². The van der Waals surface area contributed by atoms with E-state index in [9.17, 15) is 4.79 Å². The Balaban J connectivity index is 2.63. The summed E-state index contributed by atoms with van der Waals surface area (Å²) in [6, 6.07) is 5.10. The molecule has 0 aromatic heterocycles. The monoisotopic (exact) mass is 251 g/mol. The van der Waals surface area contributed by atoms with Gasteiger partial charge in [0.05, 0.1) is 12.7 Å². The van der Waals surface area contributed by atoms with E-state index in [0.717, 1.165) is 44.2 Å². The van der Waals surface area contributed by atoms with Gasteiger partial charge in [0.2, 0.25) is 0 Å². The molecule has 0 aliphatic carbocycles. The Morgan fingerprint density at radius 3 is 2.61 bits per heavy atom. The van der Waals surface area contributed by atoms with Crippen molar-refractivity contribution in [3.8, 4) is 5.75 Å². The van der Waals surface area contributed by atoms with Gasteiger partial charge in [-0.1, -0.05) is 12.8 Å². The smallest absolute Gasteiger partial charge is 0.335 e. The minimum atomic E-state index is -0.880. The van der Waals surface area contributed by atoms with E-state index in [1.165, 1.54) is 0 Å². The number of unbranched alkanes of at least 4 members (excludes halogenated alkanes) is 3. The second-order valence-corrected chi connectivity index (χ2v) is 4.28. The van der Waals surface area contributed by atoms with Crippen molar-refractivity contribution in [2.24, 2.45) is 5.73 Å². The molecule has 0 saturated carbocycles. The van der Waals surface area contributed by atoms with Gasteiger partial charge in [0.25, 0.3) is 0 Å². The van der Waals surface area contributed by atoms with Crippen LogP contribution in [0.3, 0.4) is 0 Å². The third-order valence-corrected chi connectivity index (χ3v) is 2.94. The van der Waals surface area contributed by atoms with Gasteiger partial charge in [0.1, 0.15) is 5.75 Å². The molecular formula is C14H21NO3. The molecule has 0 atom stereocenters. The summed E-state index contributed by atoms with van der Waals surface area (Å²) < 4.78 is 5.12. The molecule has 0 unspecified atom stereocenters. The molecule has 0 spiro atoms. The van der Waals surface area contributed by atoms with Gasteiger partial charge in [0.15, 0.2) is 0 Å². The van der Waals surface area contributed by atoms with Crippen LogP contribution in [-0.2, 0) is 6.42 Å². The Labute approximate surface area is 108 Å². The Kier molecular flexibility index (Phi) is 6.22. The van der Waals surface area contributed by atoms with E-state index in [2.05, 4.69) is 0 Å². The van der Waals surface area contributed by atoms with E-state index in [0.29, 0.717) is 11.3 Å². The van der Waals surface area contributed by atoms with Crippen LogP contribution in [0.1, 0.15) is 41.6 Å². The lowest BCUT2D eigenvalue weighted by Crippen LogP contribution is -2.03. The van der Waals surface area contributed by atoms with Crippen molar-refractivity contribution in [1.82, 2.24) is 0 Å². The molecule has 0 aliphatic heterocycles. The number of carbonyl (C=O) groups is 1. The first kappa shape index (κ1) is 14.5. The number of nitrogens with two attached hydrogens (primary N) is 1. The van der Waals surface area contributed by atoms with E-state index >= 15 is 0 Å². The average molecular weight is 251 g/mol. The van der Waals surface area contributed by atoms with Crippen molar-refractivity contribution < 1.29 is 14.6 Å². The lowest BCUT2D eigenvalue weighted by atomic mass is 10.0. The number of methoxy groups -OCH3 is 1. The van der Waals surface area contributed by atoms with Gasteiger partial charge in [0, 0.05) is 0 Å². The van der Waals surface area contributed by atoms with E-state index in [4.69, 9.17) is 15.6 Å². The summed E-state index contributed by atoms with van der Waals surface area (Å²) in [5, 5.41) is 9.11. The van der Waals surface area contributed by atoms with Crippen LogP contribution >= 0.6 is 0 Å². The zero-order valence-corrected chi connectivity index (χ0v) is 10.8. The summed E-state index contributed by atoms with van der Waals surface area (Å²) in [6.07, 6.45) is 4.96. The first-order valence-corrected chi connectivity index (χ1v) is 6.29. The van der Waals surface area contributed by atoms with Gasteiger partial charge in [-0.25, -0.2) is 4.79 Å². The van der Waals surface area contributed by atoms with E-state index in [1.54, 1.807) is 19.2 Å². The minimum Gasteiger partial charge on any atom is -0.497 e. The maximum Gasteiger partial charge on any atom is 0.335 e. The van der Waals surface area contributed by atoms with Crippen molar-refractivity contribution in [1.29, 1.82) is 0 Å². The predicted octanol–water partition coefficient (Wildman–Crippen LogP) is 2.46. The van der Waals surface area contributed by atoms with Crippen molar-refractivity contribution >= 4 is 5.97 Å². The normalized spacial score (nSPS) is 10.3. The molecule has 3 N–H and O–H groups in total. The standard InChI is InChI=1S/C14H21NO3/c1-18-12-7-8-13(14(16)17)11(10-12)6-4-2-3-5-9-15/h7-8,10H,2-6,9,15H2,1H3,(H,16,17). The lowest BCUT2D eigenvalue weighted by Gasteiger charge is -2.08. The van der Waals surface area contributed by atoms with Gasteiger partial charge >= 0.3 is 5.97 Å². The van der Waals surface area contributed by atoms with Crippen LogP contribution in [0.25, 0.3) is 0 Å². The van der Waals surface area contributed by atoms with Crippen LogP contribution < -0.4 is 10.5 Å². The number of ether oxygens (including phenoxy) is 1. The molecule has 1 rings (SSSR count). The molecule has 4 heteroatoms. The van der Waals surface area contributed by atoms with Crippen LogP contribution in [0.4, 0.5) is 0 Å². The molecule has 0 saturated heterocycles. The summed E-state index contributed by atoms with van der Waals surface area (Å²) in [6.45, 7) is 0.722. The largest absolute Gasteiger partial charge is 0.497 e. The fourth-order valence-electron chi connectivity index (χ4n) is 1.93. The van der Waals surface area contributed by atoms with Gasteiger partial charge in [-0.2, -0.15) is 0 Å². The predicted molar refractivity (Wildman–Crippen MR) is 71.2 cm³/mol. The molecular weight excluding hydrogens is 230 g/mol. The Morgan fingerprint density at radius 1 is 1.28 bits per heavy atom. The summed E-state index contributed by atoms with van der Waals surface area (Å²) in [5.41, 5.74) is 6.64. The van der Waals surface area contributed by atoms with Crippen LogP contribution in [0, 0.1) is 0 Å². The number of hydrogen-bond acceptors (Lipinski definition) is 3. The highest BCUT2D eigenvalue weighted by Crippen LogP contribution is 2.20. The Bertz CT molecular complexity index is 391. The van der Waals surface area contributed by atoms with E-state index in [1.807, 2.05) is 6.07 Å². The highest BCUT2D eigenvalue weighted by atomic mass is 16.5. The maximum atomic E-state index is 11.1. The number of rotatable bonds is 8. The zero-order valence-electron chi connectivity index (χ0n) is 10.8. The Morgan fingerprint density at radius 2 is 2.00 bits per heavy atom. The summed E-state index contributed by atoms with van der Waals surface area (Å²) in [7, 11) is 1.58. The minimum absolute atomic E-state index is 0.370. The molecule has 0 amide bonds. The molecule has 1 aromatic carbocycles. The summed E-state index contributed by atoms with van der Waals surface area (Å²) in [5.74, 6) is -0.174. The Hall–Kier alpha value is -1.55. The summed E-state index contributed by atoms with van der Waals surface area (Å²) >= 11 is 0. The fourth-order valence-corrected chi connectivity index (χ4v) is 1.93. The number of carboxylic acid groups (broad SMARTS) is 1. The highest BCUT2D eigenvalue weighted by molar-refractivity contribution is 5.89. The average Bonchev–Trinajstić information content (AvgIpc) is 2.38. The first-order chi connectivity index (χ1) is 8.69. The number of benzene rings is 1. The zero-order chi connectivity index (χ0) is 13.4. The van der Waals surface area contributed by atoms with Crippen LogP contribution in [0.15, 0.2) is 18.2 Å². The van der Waals surface area contributed by atoms with Gasteiger partial charge in [-0.15, -0.1) is 0 Å². The van der Waals surface area contributed by atoms with Crippen molar-refractivity contribution in [2.45, 2.75) is 32.1 Å². The van der Waals surface area contributed by atoms with E-state index in [-0.39, 0.29) is 0 Å². The molecule has 1 aromatic rings. The van der Waals surface area contributed by atoms with Crippen molar-refractivity contribution in [2.75, 3.05) is 13.7 Å². The second kappa shape index (κ2) is 7.71. The highest BCUT2D eigenvalue weighted by Gasteiger charge is 2.10. The van der Waals surface area contributed by atoms with Crippen LogP contribution in [0.2, 0.25) is 0 Å². The van der Waals surface area contributed by atoms with E-state index < -0.39 is 5.97 Å². The van der Waals surface area contributed by atoms with Crippen LogP contribution in [-0.4, -0.2) is 24.7 Å². The number of hydrogen-bond donors (Lipinski definition) is 2. The molecule has 4 nitrogen and oxygen atoms in total. The first-order valence-electron chi connectivity index (χ1n) is 6.29. The number of carboxylic acids is 1. The third kappa shape index (κ3) is 4.37. The van der Waals surface area contributed by atoms with Gasteiger partial charge in [-0.05, 0) is 49.6 Å². The molecule has 0 radical (unpaired) electrons. The quantitative estimate of drug-likeness (QED) is 0.696. The molecule has 100 valence electrons. The maximum absolute atomic E-state index is 11.1. The molecule has 0 fully saturated rings. The lowest BCUT2D eigenvalue weighted by molar-refractivity contribution is 0.0695. The van der Waals surface area contributed by atoms with Gasteiger partial charge < -0.3 is 15.6 Å². The molecule has 0 heterocycles.